The van der Waals surface area contributed by atoms with Gasteiger partial charge in [-0.25, -0.2) is 0 Å². The first-order chi connectivity index (χ1) is 13.9. The van der Waals surface area contributed by atoms with Gasteiger partial charge in [-0.15, -0.1) is 0 Å². The minimum Gasteiger partial charge on any atom is -0.506 e. The van der Waals surface area contributed by atoms with Crippen LogP contribution in [0.3, 0.4) is 0 Å². The second kappa shape index (κ2) is 6.94. The highest BCUT2D eigenvalue weighted by atomic mass is 79.9. The first kappa shape index (κ1) is 18.8. The van der Waals surface area contributed by atoms with Crippen molar-refractivity contribution in [2.45, 2.75) is 43.9 Å². The van der Waals surface area contributed by atoms with Gasteiger partial charge in [-0.05, 0) is 101 Å². The number of nitro groups is 1. The van der Waals surface area contributed by atoms with Crippen LogP contribution in [0.4, 0.5) is 11.4 Å². The molecule has 29 heavy (non-hydrogen) atoms. The standard InChI is InChI=1S/C23H23BrN2O3/c24-20-5-6-21(26(28)29)19(22(20)27)13-25-18-3-1-17(2-4-18)23-10-14-7-15(11-23)9-16(8-14)12-23/h1-6,13-16,27H,7-12H2. The third-order valence-electron chi connectivity index (χ3n) is 7.20. The molecule has 0 atom stereocenters. The van der Waals surface area contributed by atoms with Crippen molar-refractivity contribution in [3.63, 3.8) is 0 Å². The number of aromatic hydroxyl groups is 1. The van der Waals surface area contributed by atoms with E-state index in [2.05, 4.69) is 33.1 Å². The number of benzene rings is 2. The summed E-state index contributed by atoms with van der Waals surface area (Å²) >= 11 is 3.21. The third-order valence-corrected chi connectivity index (χ3v) is 7.84. The monoisotopic (exact) mass is 454 g/mol. The Labute approximate surface area is 178 Å². The molecule has 0 spiro atoms. The number of halogens is 1. The van der Waals surface area contributed by atoms with Gasteiger partial charge in [-0.2, -0.15) is 0 Å². The number of rotatable bonds is 4. The zero-order valence-corrected chi connectivity index (χ0v) is 17.6. The summed E-state index contributed by atoms with van der Waals surface area (Å²) in [5.74, 6) is 2.53. The molecule has 150 valence electrons. The van der Waals surface area contributed by atoms with E-state index >= 15 is 0 Å². The second-order valence-electron chi connectivity index (χ2n) is 9.09. The van der Waals surface area contributed by atoms with Crippen LogP contribution < -0.4 is 0 Å². The highest BCUT2D eigenvalue weighted by Gasteiger charge is 2.51. The molecule has 0 aliphatic heterocycles. The van der Waals surface area contributed by atoms with Crippen molar-refractivity contribution in [2.24, 2.45) is 22.7 Å². The summed E-state index contributed by atoms with van der Waals surface area (Å²) in [5, 5.41) is 21.5. The highest BCUT2D eigenvalue weighted by molar-refractivity contribution is 9.10. The zero-order chi connectivity index (χ0) is 20.2. The van der Waals surface area contributed by atoms with E-state index < -0.39 is 4.92 Å². The topological polar surface area (TPSA) is 75.7 Å². The smallest absolute Gasteiger partial charge is 0.281 e. The van der Waals surface area contributed by atoms with Gasteiger partial charge < -0.3 is 5.11 Å². The minimum absolute atomic E-state index is 0.106. The van der Waals surface area contributed by atoms with Crippen LogP contribution in [0.15, 0.2) is 45.9 Å². The second-order valence-corrected chi connectivity index (χ2v) is 9.94. The molecule has 4 aliphatic carbocycles. The molecule has 2 aromatic carbocycles. The Kier molecular flexibility index (Phi) is 4.50. The fraction of sp³-hybridized carbons (Fsp3) is 0.435. The average molecular weight is 455 g/mol. The Morgan fingerprint density at radius 2 is 1.62 bits per heavy atom. The SMILES string of the molecule is O=[N+]([O-])c1ccc(Br)c(O)c1C=Nc1ccc(C23CC4CC(CC(C4)C2)C3)cc1. The molecule has 4 saturated carbocycles. The van der Waals surface area contributed by atoms with Crippen LogP contribution >= 0.6 is 15.9 Å². The number of hydrogen-bond donors (Lipinski definition) is 1. The van der Waals surface area contributed by atoms with Gasteiger partial charge in [0.2, 0.25) is 0 Å². The van der Waals surface area contributed by atoms with Gasteiger partial charge in [0.1, 0.15) is 11.3 Å². The van der Waals surface area contributed by atoms with Gasteiger partial charge in [0, 0.05) is 12.3 Å². The van der Waals surface area contributed by atoms with Gasteiger partial charge in [-0.3, -0.25) is 15.1 Å². The predicted octanol–water partition coefficient (Wildman–Crippen LogP) is 6.28. The largest absolute Gasteiger partial charge is 0.506 e. The summed E-state index contributed by atoms with van der Waals surface area (Å²) in [6.07, 6.45) is 9.61. The number of phenols is 1. The van der Waals surface area contributed by atoms with E-state index in [0.29, 0.717) is 9.89 Å². The lowest BCUT2D eigenvalue weighted by molar-refractivity contribution is -0.385. The van der Waals surface area contributed by atoms with E-state index in [1.165, 1.54) is 62.4 Å². The fourth-order valence-electron chi connectivity index (χ4n) is 6.36. The molecule has 0 amide bonds. The molecule has 6 rings (SSSR count). The minimum atomic E-state index is -0.510. The van der Waals surface area contributed by atoms with Crippen LogP contribution in [0.2, 0.25) is 0 Å². The molecule has 0 radical (unpaired) electrons. The molecule has 4 bridgehead atoms. The summed E-state index contributed by atoms with van der Waals surface area (Å²) in [6, 6.07) is 11.2. The Hall–Kier alpha value is -2.21. The molecule has 2 aromatic rings. The number of phenolic OH excluding ortho intramolecular Hbond substituents is 1. The van der Waals surface area contributed by atoms with Crippen LogP contribution in [0.25, 0.3) is 0 Å². The van der Waals surface area contributed by atoms with Crippen LogP contribution in [0.1, 0.15) is 49.7 Å². The molecule has 0 aromatic heterocycles. The number of hydrogen-bond acceptors (Lipinski definition) is 4. The molecule has 5 nitrogen and oxygen atoms in total. The molecule has 0 unspecified atom stereocenters. The van der Waals surface area contributed by atoms with E-state index in [1.807, 2.05) is 12.1 Å². The molecule has 1 N–H and O–H groups in total. The van der Waals surface area contributed by atoms with Crippen LogP contribution in [0.5, 0.6) is 5.75 Å². The predicted molar refractivity (Wildman–Crippen MR) is 116 cm³/mol. The molecular formula is C23H23BrN2O3. The molecule has 0 heterocycles. The van der Waals surface area contributed by atoms with Crippen LogP contribution in [-0.2, 0) is 5.41 Å². The van der Waals surface area contributed by atoms with Crippen LogP contribution in [0, 0.1) is 27.9 Å². The third kappa shape index (κ3) is 3.27. The quantitative estimate of drug-likeness (QED) is 0.335. The van der Waals surface area contributed by atoms with E-state index in [-0.39, 0.29) is 17.0 Å². The molecule has 4 fully saturated rings. The Morgan fingerprint density at radius 3 is 2.17 bits per heavy atom. The summed E-state index contributed by atoms with van der Waals surface area (Å²) < 4.78 is 0.404. The summed E-state index contributed by atoms with van der Waals surface area (Å²) in [7, 11) is 0. The number of aliphatic imine (C=N–C) groups is 1. The number of nitrogens with zero attached hydrogens (tertiary/aromatic N) is 2. The van der Waals surface area contributed by atoms with Gasteiger partial charge in [-0.1, -0.05) is 12.1 Å². The molecule has 0 saturated heterocycles. The van der Waals surface area contributed by atoms with Crippen LogP contribution in [-0.4, -0.2) is 16.2 Å². The molecular weight excluding hydrogens is 432 g/mol. The maximum Gasteiger partial charge on any atom is 0.281 e. The van der Waals surface area contributed by atoms with Gasteiger partial charge in [0.25, 0.3) is 5.69 Å². The van der Waals surface area contributed by atoms with Crippen molar-refractivity contribution in [3.05, 3.63) is 62.1 Å². The molecule has 4 aliphatic rings. The maximum atomic E-state index is 11.3. The Bertz CT molecular complexity index is 965. The van der Waals surface area contributed by atoms with Crippen molar-refractivity contribution in [2.75, 3.05) is 0 Å². The van der Waals surface area contributed by atoms with Crippen molar-refractivity contribution in [1.82, 2.24) is 0 Å². The highest BCUT2D eigenvalue weighted by Crippen LogP contribution is 2.60. The zero-order valence-electron chi connectivity index (χ0n) is 16.1. The van der Waals surface area contributed by atoms with Gasteiger partial charge in [0.05, 0.1) is 15.1 Å². The van der Waals surface area contributed by atoms with Crippen molar-refractivity contribution < 1.29 is 10.0 Å². The van der Waals surface area contributed by atoms with Crippen molar-refractivity contribution >= 4 is 33.5 Å². The average Bonchev–Trinajstić information content (AvgIpc) is 2.68. The Morgan fingerprint density at radius 1 is 1.03 bits per heavy atom. The van der Waals surface area contributed by atoms with Crippen molar-refractivity contribution in [1.29, 1.82) is 0 Å². The normalized spacial score (nSPS) is 30.2. The Balaban J connectivity index is 1.41. The summed E-state index contributed by atoms with van der Waals surface area (Å²) in [4.78, 5) is 15.2. The lowest BCUT2D eigenvalue weighted by atomic mass is 9.48. The number of nitro benzene ring substituents is 1. The first-order valence-corrected chi connectivity index (χ1v) is 11.0. The molecule has 6 heteroatoms. The van der Waals surface area contributed by atoms with Crippen molar-refractivity contribution in [3.8, 4) is 5.75 Å². The van der Waals surface area contributed by atoms with Gasteiger partial charge >= 0.3 is 0 Å². The lowest BCUT2D eigenvalue weighted by Crippen LogP contribution is -2.48. The van der Waals surface area contributed by atoms with E-state index in [4.69, 9.17) is 0 Å². The van der Waals surface area contributed by atoms with E-state index in [0.717, 1.165) is 23.4 Å². The van der Waals surface area contributed by atoms with E-state index in [9.17, 15) is 15.2 Å². The fourth-order valence-corrected chi connectivity index (χ4v) is 6.71. The maximum absolute atomic E-state index is 11.3. The summed E-state index contributed by atoms with van der Waals surface area (Å²) in [6.45, 7) is 0. The summed E-state index contributed by atoms with van der Waals surface area (Å²) in [5.41, 5.74) is 2.44. The van der Waals surface area contributed by atoms with E-state index in [1.54, 1.807) is 0 Å². The van der Waals surface area contributed by atoms with Gasteiger partial charge in [0.15, 0.2) is 0 Å². The first-order valence-electron chi connectivity index (χ1n) is 10.2. The lowest BCUT2D eigenvalue weighted by Gasteiger charge is -2.57.